The molecule has 0 fully saturated rings. The van der Waals surface area contributed by atoms with E-state index in [4.69, 9.17) is 4.74 Å². The first-order valence-corrected chi connectivity index (χ1v) is 7.35. The van der Waals surface area contributed by atoms with Crippen LogP contribution >= 0.6 is 0 Å². The minimum Gasteiger partial charge on any atom is -0.464 e. The lowest BCUT2D eigenvalue weighted by Gasteiger charge is -2.32. The number of aromatic nitrogens is 4. The first kappa shape index (κ1) is 16.9. The Kier molecular flexibility index (Phi) is 4.35. The third kappa shape index (κ3) is 3.01. The van der Waals surface area contributed by atoms with E-state index in [1.807, 2.05) is 19.9 Å². The van der Waals surface area contributed by atoms with Crippen molar-refractivity contribution in [3.8, 4) is 0 Å². The lowest BCUT2D eigenvalue weighted by Crippen LogP contribution is -2.51. The molecule has 0 aliphatic rings. The first-order chi connectivity index (χ1) is 10.7. The van der Waals surface area contributed by atoms with E-state index in [-0.39, 0.29) is 12.4 Å². The Morgan fingerprint density at radius 3 is 2.57 bits per heavy atom. The topological polar surface area (TPSA) is 89.7 Å². The third-order valence-electron chi connectivity index (χ3n) is 3.73. The summed E-state index contributed by atoms with van der Waals surface area (Å²) >= 11 is 0. The fraction of sp³-hybridized carbons (Fsp3) is 0.533. The molecule has 1 amide bonds. The molecule has 0 saturated heterocycles. The van der Waals surface area contributed by atoms with Crippen LogP contribution in [-0.4, -0.2) is 55.6 Å². The van der Waals surface area contributed by atoms with Crippen LogP contribution in [0.15, 0.2) is 6.07 Å². The number of aryl methyl sites for hydroxylation is 2. The molecule has 124 valence electrons. The Morgan fingerprint density at radius 2 is 1.96 bits per heavy atom. The second-order valence-corrected chi connectivity index (χ2v) is 5.83. The van der Waals surface area contributed by atoms with Crippen LogP contribution in [0.2, 0.25) is 0 Å². The van der Waals surface area contributed by atoms with Crippen molar-refractivity contribution in [2.24, 2.45) is 0 Å². The quantitative estimate of drug-likeness (QED) is 0.785. The van der Waals surface area contributed by atoms with E-state index in [1.54, 1.807) is 20.8 Å². The van der Waals surface area contributed by atoms with Crippen molar-refractivity contribution < 1.29 is 14.3 Å². The van der Waals surface area contributed by atoms with Gasteiger partial charge in [-0.3, -0.25) is 4.79 Å². The summed E-state index contributed by atoms with van der Waals surface area (Å²) in [6.45, 7) is 8.91. The van der Waals surface area contributed by atoms with Crippen LogP contribution in [0.25, 0.3) is 5.78 Å². The molecule has 0 bridgehead atoms. The van der Waals surface area contributed by atoms with Gasteiger partial charge >= 0.3 is 5.97 Å². The predicted octanol–water partition coefficient (Wildman–Crippen LogP) is 1.15. The average Bonchev–Trinajstić information content (AvgIpc) is 2.90. The van der Waals surface area contributed by atoms with Crippen molar-refractivity contribution >= 4 is 17.7 Å². The van der Waals surface area contributed by atoms with Gasteiger partial charge in [0, 0.05) is 18.4 Å². The number of rotatable bonds is 4. The van der Waals surface area contributed by atoms with Crippen LogP contribution in [-0.2, 0) is 9.53 Å². The molecule has 0 unspecified atom stereocenters. The van der Waals surface area contributed by atoms with Crippen molar-refractivity contribution in [3.63, 3.8) is 0 Å². The van der Waals surface area contributed by atoms with E-state index in [1.165, 1.54) is 16.5 Å². The van der Waals surface area contributed by atoms with Crippen LogP contribution in [0.5, 0.6) is 0 Å². The van der Waals surface area contributed by atoms with Crippen LogP contribution in [0, 0.1) is 13.8 Å². The number of hydrogen-bond acceptors (Lipinski definition) is 6. The molecular weight excluding hydrogens is 298 g/mol. The lowest BCUT2D eigenvalue weighted by atomic mass is 10.0. The smallest absolute Gasteiger partial charge is 0.331 e. The molecule has 2 rings (SSSR count). The van der Waals surface area contributed by atoms with Gasteiger partial charge < -0.3 is 9.64 Å². The van der Waals surface area contributed by atoms with Crippen LogP contribution in [0.4, 0.5) is 0 Å². The standard InChI is InChI=1S/C15H21N5O3/c1-7-23-13(22)15(4,5)19(6)12(21)11-17-14-16-9(2)8-10(3)20(14)18-11/h8H,7H2,1-6H3. The van der Waals surface area contributed by atoms with Gasteiger partial charge in [-0.15, -0.1) is 5.10 Å². The number of nitrogens with zero attached hydrogens (tertiary/aromatic N) is 5. The Labute approximate surface area is 134 Å². The third-order valence-corrected chi connectivity index (χ3v) is 3.73. The highest BCUT2D eigenvalue weighted by Crippen LogP contribution is 2.17. The summed E-state index contributed by atoms with van der Waals surface area (Å²) in [4.78, 5) is 34.4. The van der Waals surface area contributed by atoms with Gasteiger partial charge in [0.05, 0.1) is 6.61 Å². The summed E-state index contributed by atoms with van der Waals surface area (Å²) in [7, 11) is 1.52. The van der Waals surface area contributed by atoms with Crippen molar-refractivity contribution in [2.75, 3.05) is 13.7 Å². The van der Waals surface area contributed by atoms with E-state index >= 15 is 0 Å². The van der Waals surface area contributed by atoms with Gasteiger partial charge in [0.15, 0.2) is 0 Å². The van der Waals surface area contributed by atoms with E-state index in [0.717, 1.165) is 11.4 Å². The molecule has 0 aliphatic carbocycles. The lowest BCUT2D eigenvalue weighted by molar-refractivity contribution is -0.153. The Morgan fingerprint density at radius 1 is 1.30 bits per heavy atom. The summed E-state index contributed by atoms with van der Waals surface area (Å²) in [5, 5.41) is 4.19. The Balaban J connectivity index is 2.36. The second kappa shape index (κ2) is 5.94. The summed E-state index contributed by atoms with van der Waals surface area (Å²) in [6, 6.07) is 1.85. The average molecular weight is 319 g/mol. The number of esters is 1. The highest BCUT2D eigenvalue weighted by molar-refractivity contribution is 5.95. The van der Waals surface area contributed by atoms with E-state index < -0.39 is 17.4 Å². The summed E-state index contributed by atoms with van der Waals surface area (Å²) in [5.41, 5.74) is 0.496. The van der Waals surface area contributed by atoms with Crippen molar-refractivity contribution in [3.05, 3.63) is 23.3 Å². The zero-order chi connectivity index (χ0) is 17.4. The SMILES string of the molecule is CCOC(=O)C(C)(C)N(C)C(=O)c1nc2nc(C)cc(C)n2n1. The number of carbonyl (C=O) groups is 2. The zero-order valence-electron chi connectivity index (χ0n) is 14.2. The number of ether oxygens (including phenoxy) is 1. The summed E-state index contributed by atoms with van der Waals surface area (Å²) < 4.78 is 6.52. The number of likely N-dealkylation sites (N-methyl/N-ethyl adjacent to an activating group) is 1. The van der Waals surface area contributed by atoms with Gasteiger partial charge in [0.1, 0.15) is 5.54 Å². The highest BCUT2D eigenvalue weighted by Gasteiger charge is 2.38. The maximum atomic E-state index is 12.6. The second-order valence-electron chi connectivity index (χ2n) is 5.83. The van der Waals surface area contributed by atoms with E-state index in [9.17, 15) is 9.59 Å². The predicted molar refractivity (Wildman–Crippen MR) is 83.1 cm³/mol. The number of amides is 1. The largest absolute Gasteiger partial charge is 0.464 e. The van der Waals surface area contributed by atoms with Gasteiger partial charge in [0.25, 0.3) is 11.7 Å². The molecule has 2 aromatic heterocycles. The normalized spacial score (nSPS) is 11.6. The molecule has 2 aromatic rings. The molecule has 0 spiro atoms. The van der Waals surface area contributed by atoms with Gasteiger partial charge in [-0.25, -0.2) is 14.3 Å². The Bertz CT molecular complexity index is 766. The van der Waals surface area contributed by atoms with Crippen molar-refractivity contribution in [2.45, 2.75) is 40.2 Å². The van der Waals surface area contributed by atoms with Crippen LogP contribution in [0.3, 0.4) is 0 Å². The Hall–Kier alpha value is -2.51. The molecule has 0 radical (unpaired) electrons. The molecule has 8 heteroatoms. The van der Waals surface area contributed by atoms with Gasteiger partial charge in [-0.2, -0.15) is 4.98 Å². The van der Waals surface area contributed by atoms with Crippen LogP contribution in [0.1, 0.15) is 42.8 Å². The molecule has 0 N–H and O–H groups in total. The fourth-order valence-corrected chi connectivity index (χ4v) is 2.11. The number of carbonyl (C=O) groups excluding carboxylic acids is 2. The molecule has 23 heavy (non-hydrogen) atoms. The van der Waals surface area contributed by atoms with E-state index in [0.29, 0.717) is 5.78 Å². The van der Waals surface area contributed by atoms with Gasteiger partial charge in [-0.05, 0) is 40.7 Å². The zero-order valence-corrected chi connectivity index (χ0v) is 14.2. The fourth-order valence-electron chi connectivity index (χ4n) is 2.11. The molecule has 0 aliphatic heterocycles. The molecular formula is C15H21N5O3. The minimum absolute atomic E-state index is 0.00827. The van der Waals surface area contributed by atoms with Gasteiger partial charge in [0.2, 0.25) is 5.82 Å². The summed E-state index contributed by atoms with van der Waals surface area (Å²) in [6.07, 6.45) is 0. The number of fused-ring (bicyclic) bond motifs is 1. The number of hydrogen-bond donors (Lipinski definition) is 0. The van der Waals surface area contributed by atoms with Crippen molar-refractivity contribution in [1.82, 2.24) is 24.5 Å². The molecule has 2 heterocycles. The molecule has 8 nitrogen and oxygen atoms in total. The highest BCUT2D eigenvalue weighted by atomic mass is 16.5. The molecule has 0 aromatic carbocycles. The minimum atomic E-state index is -1.12. The van der Waals surface area contributed by atoms with Crippen molar-refractivity contribution in [1.29, 1.82) is 0 Å². The monoisotopic (exact) mass is 319 g/mol. The summed E-state index contributed by atoms with van der Waals surface area (Å²) in [5.74, 6) is -0.602. The molecule has 0 saturated carbocycles. The maximum Gasteiger partial charge on any atom is 0.331 e. The molecule has 0 atom stereocenters. The van der Waals surface area contributed by atoms with E-state index in [2.05, 4.69) is 15.1 Å². The first-order valence-electron chi connectivity index (χ1n) is 7.35. The van der Waals surface area contributed by atoms with Gasteiger partial charge in [-0.1, -0.05) is 0 Å². The van der Waals surface area contributed by atoms with Crippen LogP contribution < -0.4 is 0 Å². The maximum absolute atomic E-state index is 12.6.